The molecule has 2 N–H and O–H groups in total. The molecular formula is C14H17BrFNO2. The normalized spacial score (nSPS) is 23.3. The Morgan fingerprint density at radius 3 is 2.58 bits per heavy atom. The highest BCUT2D eigenvalue weighted by atomic mass is 79.9. The van der Waals surface area contributed by atoms with Gasteiger partial charge in [-0.3, -0.25) is 4.79 Å². The van der Waals surface area contributed by atoms with Gasteiger partial charge in [0.2, 0.25) is 0 Å². The van der Waals surface area contributed by atoms with Crippen LogP contribution in [0.5, 0.6) is 0 Å². The van der Waals surface area contributed by atoms with E-state index in [4.69, 9.17) is 5.11 Å². The molecule has 0 bridgehead atoms. The fraction of sp³-hybridized carbons (Fsp3) is 0.500. The van der Waals surface area contributed by atoms with Gasteiger partial charge in [-0.15, -0.1) is 0 Å². The number of carboxylic acid groups (broad SMARTS) is 1. The van der Waals surface area contributed by atoms with Gasteiger partial charge in [0.15, 0.2) is 0 Å². The number of carbonyl (C=O) groups is 1. The molecule has 2 rings (SSSR count). The average molecular weight is 330 g/mol. The Morgan fingerprint density at radius 1 is 1.32 bits per heavy atom. The van der Waals surface area contributed by atoms with Gasteiger partial charge in [0.25, 0.3) is 0 Å². The Kier molecular flexibility index (Phi) is 4.93. The molecule has 5 heteroatoms. The molecule has 0 saturated heterocycles. The third-order valence-corrected chi connectivity index (χ3v) is 4.05. The van der Waals surface area contributed by atoms with Crippen LogP contribution in [0.4, 0.5) is 4.39 Å². The van der Waals surface area contributed by atoms with Crippen LogP contribution < -0.4 is 5.32 Å². The topological polar surface area (TPSA) is 49.3 Å². The van der Waals surface area contributed by atoms with Crippen LogP contribution in [0, 0.1) is 11.7 Å². The number of hydrogen-bond acceptors (Lipinski definition) is 2. The zero-order chi connectivity index (χ0) is 13.8. The lowest BCUT2D eigenvalue weighted by molar-refractivity contribution is -0.142. The Labute approximate surface area is 120 Å². The van der Waals surface area contributed by atoms with Gasteiger partial charge in [-0.25, -0.2) is 4.39 Å². The zero-order valence-electron chi connectivity index (χ0n) is 10.5. The smallest absolute Gasteiger partial charge is 0.306 e. The first kappa shape index (κ1) is 14.5. The molecule has 104 valence electrons. The summed E-state index contributed by atoms with van der Waals surface area (Å²) in [6, 6.07) is 5.17. The van der Waals surface area contributed by atoms with Gasteiger partial charge < -0.3 is 10.4 Å². The van der Waals surface area contributed by atoms with Crippen LogP contribution in [0.3, 0.4) is 0 Å². The largest absolute Gasteiger partial charge is 0.481 e. The summed E-state index contributed by atoms with van der Waals surface area (Å²) in [5.41, 5.74) is 0.896. The molecule has 3 nitrogen and oxygen atoms in total. The highest BCUT2D eigenvalue weighted by molar-refractivity contribution is 9.10. The summed E-state index contributed by atoms with van der Waals surface area (Å²) >= 11 is 3.27. The summed E-state index contributed by atoms with van der Waals surface area (Å²) in [6.07, 6.45) is 3.18. The fourth-order valence-corrected chi connectivity index (χ4v) is 3.03. The predicted octanol–water partition coefficient (Wildman–Crippen LogP) is 3.32. The van der Waals surface area contributed by atoms with Crippen molar-refractivity contribution in [3.63, 3.8) is 0 Å². The van der Waals surface area contributed by atoms with E-state index < -0.39 is 5.97 Å². The van der Waals surface area contributed by atoms with Crippen molar-refractivity contribution in [3.8, 4) is 0 Å². The first-order chi connectivity index (χ1) is 9.04. The second-order valence-electron chi connectivity index (χ2n) is 5.05. The molecule has 1 aliphatic carbocycles. The van der Waals surface area contributed by atoms with E-state index in [0.717, 1.165) is 35.7 Å². The molecule has 0 unspecified atom stereocenters. The second-order valence-corrected chi connectivity index (χ2v) is 5.96. The van der Waals surface area contributed by atoms with Crippen LogP contribution in [0.2, 0.25) is 0 Å². The molecule has 1 aromatic rings. The van der Waals surface area contributed by atoms with Crippen LogP contribution in [0.1, 0.15) is 31.2 Å². The highest BCUT2D eigenvalue weighted by Crippen LogP contribution is 2.24. The van der Waals surface area contributed by atoms with E-state index in [0.29, 0.717) is 12.6 Å². The second kappa shape index (κ2) is 6.48. The molecular weight excluding hydrogens is 313 g/mol. The standard InChI is InChI=1S/C14H17BrFNO2/c15-11-5-9(6-12(16)7-11)8-17-13-3-1-10(2-4-13)14(18)19/h5-7,10,13,17H,1-4,8H2,(H,18,19). The summed E-state index contributed by atoms with van der Waals surface area (Å²) in [5.74, 6) is -1.13. The van der Waals surface area contributed by atoms with Gasteiger partial charge in [-0.1, -0.05) is 15.9 Å². The van der Waals surface area contributed by atoms with Crippen molar-refractivity contribution in [1.29, 1.82) is 0 Å². The number of rotatable bonds is 4. The Morgan fingerprint density at radius 2 is 2.00 bits per heavy atom. The lowest BCUT2D eigenvalue weighted by Crippen LogP contribution is -2.34. The fourth-order valence-electron chi connectivity index (χ4n) is 2.52. The highest BCUT2D eigenvalue weighted by Gasteiger charge is 2.25. The number of nitrogens with one attached hydrogen (secondary N) is 1. The zero-order valence-corrected chi connectivity index (χ0v) is 12.1. The third-order valence-electron chi connectivity index (χ3n) is 3.59. The van der Waals surface area contributed by atoms with Crippen LogP contribution >= 0.6 is 15.9 Å². The minimum atomic E-state index is -0.687. The van der Waals surface area contributed by atoms with E-state index in [-0.39, 0.29) is 11.7 Å². The van der Waals surface area contributed by atoms with E-state index in [1.807, 2.05) is 6.07 Å². The monoisotopic (exact) mass is 329 g/mol. The molecule has 0 aromatic heterocycles. The van der Waals surface area contributed by atoms with E-state index in [2.05, 4.69) is 21.2 Å². The van der Waals surface area contributed by atoms with E-state index in [9.17, 15) is 9.18 Å². The number of benzene rings is 1. The number of carboxylic acids is 1. The van der Waals surface area contributed by atoms with E-state index in [1.165, 1.54) is 12.1 Å². The van der Waals surface area contributed by atoms with Gasteiger partial charge >= 0.3 is 5.97 Å². The van der Waals surface area contributed by atoms with Crippen LogP contribution in [0.15, 0.2) is 22.7 Å². The minimum Gasteiger partial charge on any atom is -0.481 e. The molecule has 1 saturated carbocycles. The molecule has 0 aliphatic heterocycles. The van der Waals surface area contributed by atoms with Gasteiger partial charge in [-0.2, -0.15) is 0 Å². The van der Waals surface area contributed by atoms with E-state index in [1.54, 1.807) is 0 Å². The van der Waals surface area contributed by atoms with Crippen molar-refractivity contribution >= 4 is 21.9 Å². The third kappa shape index (κ3) is 4.28. The number of halogens is 2. The summed E-state index contributed by atoms with van der Waals surface area (Å²) in [4.78, 5) is 10.8. The Hall–Kier alpha value is -0.940. The molecule has 0 amide bonds. The first-order valence-corrected chi connectivity index (χ1v) is 7.25. The van der Waals surface area contributed by atoms with Crippen LogP contribution in [-0.4, -0.2) is 17.1 Å². The maximum absolute atomic E-state index is 13.2. The lowest BCUT2D eigenvalue weighted by atomic mass is 9.86. The molecule has 0 heterocycles. The van der Waals surface area contributed by atoms with Gasteiger partial charge in [0.05, 0.1) is 5.92 Å². The molecule has 0 spiro atoms. The van der Waals surface area contributed by atoms with E-state index >= 15 is 0 Å². The minimum absolute atomic E-state index is 0.193. The van der Waals surface area contributed by atoms with Crippen molar-refractivity contribution in [2.24, 2.45) is 5.92 Å². The maximum atomic E-state index is 13.2. The summed E-state index contributed by atoms with van der Waals surface area (Å²) in [5, 5.41) is 12.3. The van der Waals surface area contributed by atoms with Crippen LogP contribution in [0.25, 0.3) is 0 Å². The summed E-state index contributed by atoms with van der Waals surface area (Å²) in [6.45, 7) is 0.610. The molecule has 1 fully saturated rings. The van der Waals surface area contributed by atoms with Crippen molar-refractivity contribution in [3.05, 3.63) is 34.1 Å². The van der Waals surface area contributed by atoms with Gasteiger partial charge in [-0.05, 0) is 49.4 Å². The Bertz CT molecular complexity index is 439. The van der Waals surface area contributed by atoms with Crippen molar-refractivity contribution in [1.82, 2.24) is 5.32 Å². The average Bonchev–Trinajstić information content (AvgIpc) is 2.36. The van der Waals surface area contributed by atoms with Gasteiger partial charge in [0, 0.05) is 17.1 Å². The Balaban J connectivity index is 1.82. The molecule has 1 aromatic carbocycles. The SMILES string of the molecule is O=C(O)C1CCC(NCc2cc(F)cc(Br)c2)CC1. The van der Waals surface area contributed by atoms with Crippen molar-refractivity contribution in [2.75, 3.05) is 0 Å². The molecule has 0 atom stereocenters. The van der Waals surface area contributed by atoms with Crippen molar-refractivity contribution < 1.29 is 14.3 Å². The summed E-state index contributed by atoms with van der Waals surface area (Å²) < 4.78 is 13.9. The number of hydrogen-bond donors (Lipinski definition) is 2. The number of aliphatic carboxylic acids is 1. The predicted molar refractivity (Wildman–Crippen MR) is 74.3 cm³/mol. The molecule has 1 aliphatic rings. The van der Waals surface area contributed by atoms with Gasteiger partial charge in [0.1, 0.15) is 5.82 Å². The summed E-state index contributed by atoms with van der Waals surface area (Å²) in [7, 11) is 0. The molecule has 19 heavy (non-hydrogen) atoms. The first-order valence-electron chi connectivity index (χ1n) is 6.46. The quantitative estimate of drug-likeness (QED) is 0.890. The lowest BCUT2D eigenvalue weighted by Gasteiger charge is -2.27. The molecule has 0 radical (unpaired) electrons. The van der Waals surface area contributed by atoms with Crippen molar-refractivity contribution in [2.45, 2.75) is 38.3 Å². The van der Waals surface area contributed by atoms with Crippen LogP contribution in [-0.2, 0) is 11.3 Å². The maximum Gasteiger partial charge on any atom is 0.306 e.